The summed E-state index contributed by atoms with van der Waals surface area (Å²) in [5.41, 5.74) is 0.660. The molecule has 6 nitrogen and oxygen atoms in total. The van der Waals surface area contributed by atoms with Crippen LogP contribution < -0.4 is 0 Å². The van der Waals surface area contributed by atoms with Crippen LogP contribution in [0.4, 0.5) is 4.39 Å². The van der Waals surface area contributed by atoms with Crippen molar-refractivity contribution in [1.29, 1.82) is 0 Å². The van der Waals surface area contributed by atoms with E-state index in [9.17, 15) is 14.0 Å². The second-order valence-electron chi connectivity index (χ2n) is 9.65. The molecule has 0 aromatic heterocycles. The number of hydrogen-bond donors (Lipinski definition) is 0. The second kappa shape index (κ2) is 12.7. The molecule has 0 radical (unpaired) electrons. The van der Waals surface area contributed by atoms with Crippen molar-refractivity contribution in [3.63, 3.8) is 0 Å². The van der Waals surface area contributed by atoms with E-state index in [1.807, 2.05) is 4.90 Å². The summed E-state index contributed by atoms with van der Waals surface area (Å²) in [5.74, 6) is -0.520. The molecule has 2 saturated heterocycles. The van der Waals surface area contributed by atoms with Gasteiger partial charge >= 0.3 is 0 Å². The molecule has 188 valence electrons. The Morgan fingerprint density at radius 1 is 1.15 bits per heavy atom. The molecule has 1 aromatic carbocycles. The Morgan fingerprint density at radius 2 is 1.91 bits per heavy atom. The Morgan fingerprint density at radius 3 is 2.62 bits per heavy atom. The van der Waals surface area contributed by atoms with E-state index in [2.05, 4.69) is 30.6 Å². The highest BCUT2D eigenvalue weighted by atomic mass is 35.5. The molecule has 0 N–H and O–H groups in total. The van der Waals surface area contributed by atoms with Gasteiger partial charge in [0.15, 0.2) is 0 Å². The van der Waals surface area contributed by atoms with Gasteiger partial charge in [0.05, 0.1) is 5.02 Å². The van der Waals surface area contributed by atoms with Crippen LogP contribution >= 0.6 is 11.6 Å². The lowest BCUT2D eigenvalue weighted by molar-refractivity contribution is -0.130. The number of hydrogen-bond acceptors (Lipinski definition) is 4. The van der Waals surface area contributed by atoms with Crippen LogP contribution in [0.2, 0.25) is 5.02 Å². The summed E-state index contributed by atoms with van der Waals surface area (Å²) in [4.78, 5) is 33.9. The van der Waals surface area contributed by atoms with Crippen molar-refractivity contribution < 1.29 is 14.0 Å². The average Bonchev–Trinajstić information content (AvgIpc) is 2.98. The van der Waals surface area contributed by atoms with Gasteiger partial charge in [-0.25, -0.2) is 4.39 Å². The van der Waals surface area contributed by atoms with Crippen molar-refractivity contribution in [3.8, 4) is 0 Å². The van der Waals surface area contributed by atoms with Gasteiger partial charge in [-0.3, -0.25) is 14.5 Å². The highest BCUT2D eigenvalue weighted by Crippen LogP contribution is 2.17. The third-order valence-corrected chi connectivity index (χ3v) is 7.13. The SMILES string of the molecule is CC(C)N1CCN(CCCCN2CCN(C(=O)C=Cc3ccc(F)c(Cl)c3)CCC2=O)CC1C. The maximum atomic E-state index is 13.3. The van der Waals surface area contributed by atoms with E-state index < -0.39 is 5.82 Å². The third kappa shape index (κ3) is 7.52. The molecule has 1 aromatic rings. The van der Waals surface area contributed by atoms with E-state index in [1.165, 1.54) is 18.2 Å². The molecule has 3 rings (SSSR count). The van der Waals surface area contributed by atoms with Gasteiger partial charge in [0.1, 0.15) is 5.82 Å². The van der Waals surface area contributed by atoms with E-state index in [-0.39, 0.29) is 16.8 Å². The molecule has 2 heterocycles. The molecule has 1 unspecified atom stereocenters. The second-order valence-corrected chi connectivity index (χ2v) is 10.1. The number of carbonyl (C=O) groups is 2. The molecule has 0 bridgehead atoms. The van der Waals surface area contributed by atoms with Crippen molar-refractivity contribution >= 4 is 29.5 Å². The topological polar surface area (TPSA) is 47.1 Å². The first-order chi connectivity index (χ1) is 16.2. The van der Waals surface area contributed by atoms with E-state index in [4.69, 9.17) is 11.6 Å². The first-order valence-electron chi connectivity index (χ1n) is 12.4. The van der Waals surface area contributed by atoms with Gasteiger partial charge in [0.2, 0.25) is 11.8 Å². The number of unbranched alkanes of at least 4 members (excludes halogenated alkanes) is 1. The monoisotopic (exact) mass is 492 g/mol. The van der Waals surface area contributed by atoms with Gasteiger partial charge in [-0.2, -0.15) is 0 Å². The van der Waals surface area contributed by atoms with Gasteiger partial charge in [0.25, 0.3) is 0 Å². The molecular weight excluding hydrogens is 455 g/mol. The maximum Gasteiger partial charge on any atom is 0.246 e. The zero-order valence-corrected chi connectivity index (χ0v) is 21.4. The van der Waals surface area contributed by atoms with Crippen molar-refractivity contribution in [2.24, 2.45) is 0 Å². The lowest BCUT2D eigenvalue weighted by Crippen LogP contribution is -2.54. The first kappa shape index (κ1) is 26.6. The lowest BCUT2D eigenvalue weighted by atomic mass is 10.1. The van der Waals surface area contributed by atoms with Gasteiger partial charge < -0.3 is 14.7 Å². The summed E-state index contributed by atoms with van der Waals surface area (Å²) in [6, 6.07) is 5.51. The minimum atomic E-state index is -0.487. The van der Waals surface area contributed by atoms with Crippen LogP contribution in [-0.2, 0) is 9.59 Å². The Bertz CT molecular complexity index is 878. The number of halogens is 2. The Balaban J connectivity index is 1.40. The molecule has 0 saturated carbocycles. The normalized spacial score (nSPS) is 21.0. The van der Waals surface area contributed by atoms with E-state index >= 15 is 0 Å². The van der Waals surface area contributed by atoms with Crippen LogP contribution in [0.15, 0.2) is 24.3 Å². The van der Waals surface area contributed by atoms with Crippen LogP contribution in [0, 0.1) is 5.82 Å². The summed E-state index contributed by atoms with van der Waals surface area (Å²) in [5, 5.41) is 0.0259. The molecule has 2 amide bonds. The lowest BCUT2D eigenvalue weighted by Gasteiger charge is -2.42. The van der Waals surface area contributed by atoms with Crippen LogP contribution in [-0.4, -0.2) is 95.9 Å². The fourth-order valence-electron chi connectivity index (χ4n) is 4.87. The van der Waals surface area contributed by atoms with Gasteiger partial charge in [-0.15, -0.1) is 0 Å². The zero-order valence-electron chi connectivity index (χ0n) is 20.7. The molecule has 8 heteroatoms. The number of nitrogens with zero attached hydrogens (tertiary/aromatic N) is 4. The third-order valence-electron chi connectivity index (χ3n) is 6.84. The Hall–Kier alpha value is -1.96. The maximum absolute atomic E-state index is 13.3. The van der Waals surface area contributed by atoms with Crippen LogP contribution in [0.25, 0.3) is 6.08 Å². The van der Waals surface area contributed by atoms with E-state index in [0.717, 1.165) is 45.6 Å². The number of carbonyl (C=O) groups excluding carboxylic acids is 2. The Labute approximate surface area is 208 Å². The predicted octanol–water partition coefficient (Wildman–Crippen LogP) is 3.75. The zero-order chi connectivity index (χ0) is 24.7. The standard InChI is InChI=1S/C26H38ClFN4O2/c1-20(2)32-17-14-29(19-21(32)3)11-4-5-12-30-15-16-31(13-10-26(30)34)25(33)9-7-22-6-8-24(28)23(27)18-22/h6-9,18,20-21H,4-5,10-17,19H2,1-3H3. The smallest absolute Gasteiger partial charge is 0.246 e. The quantitative estimate of drug-likeness (QED) is 0.409. The molecule has 2 aliphatic rings. The summed E-state index contributed by atoms with van der Waals surface area (Å²) < 4.78 is 13.3. The highest BCUT2D eigenvalue weighted by Gasteiger charge is 2.25. The number of amides is 2. The van der Waals surface area contributed by atoms with Crippen molar-refractivity contribution in [2.75, 3.05) is 52.4 Å². The minimum absolute atomic E-state index is 0.0259. The van der Waals surface area contributed by atoms with Crippen LogP contribution in [0.3, 0.4) is 0 Å². The van der Waals surface area contributed by atoms with Crippen molar-refractivity contribution in [3.05, 3.63) is 40.7 Å². The van der Waals surface area contributed by atoms with Crippen LogP contribution in [0.5, 0.6) is 0 Å². The van der Waals surface area contributed by atoms with E-state index in [1.54, 1.807) is 17.0 Å². The number of rotatable bonds is 8. The molecule has 2 fully saturated rings. The summed E-state index contributed by atoms with van der Waals surface area (Å²) in [6.45, 7) is 13.5. The summed E-state index contributed by atoms with van der Waals surface area (Å²) in [7, 11) is 0. The largest absolute Gasteiger partial charge is 0.341 e. The predicted molar refractivity (Wildman–Crippen MR) is 135 cm³/mol. The average molecular weight is 493 g/mol. The minimum Gasteiger partial charge on any atom is -0.341 e. The molecule has 34 heavy (non-hydrogen) atoms. The van der Waals surface area contributed by atoms with Crippen molar-refractivity contribution in [1.82, 2.24) is 19.6 Å². The van der Waals surface area contributed by atoms with E-state index in [0.29, 0.717) is 43.7 Å². The van der Waals surface area contributed by atoms with Gasteiger partial charge in [-0.1, -0.05) is 17.7 Å². The summed E-state index contributed by atoms with van der Waals surface area (Å²) in [6.07, 6.45) is 5.48. The molecule has 2 aliphatic heterocycles. The Kier molecular flexibility index (Phi) is 9.92. The molecular formula is C26H38ClFN4O2. The molecule has 0 spiro atoms. The van der Waals surface area contributed by atoms with Crippen LogP contribution in [0.1, 0.15) is 45.6 Å². The van der Waals surface area contributed by atoms with Gasteiger partial charge in [0, 0.05) is 70.4 Å². The van der Waals surface area contributed by atoms with Crippen molar-refractivity contribution in [2.45, 2.75) is 52.1 Å². The molecule has 1 atom stereocenters. The number of benzene rings is 1. The first-order valence-corrected chi connectivity index (χ1v) is 12.8. The fourth-order valence-corrected chi connectivity index (χ4v) is 5.06. The molecule has 0 aliphatic carbocycles. The fraction of sp³-hybridized carbons (Fsp3) is 0.615. The van der Waals surface area contributed by atoms with Gasteiger partial charge in [-0.05, 0) is 63.9 Å². The summed E-state index contributed by atoms with van der Waals surface area (Å²) >= 11 is 5.80. The number of piperazine rings is 1. The highest BCUT2D eigenvalue weighted by molar-refractivity contribution is 6.30.